The average molecular weight is 253 g/mol. The summed E-state index contributed by atoms with van der Waals surface area (Å²) in [5.74, 6) is 0. The zero-order valence-electron chi connectivity index (χ0n) is 9.25. The van der Waals surface area contributed by atoms with E-state index in [0.717, 1.165) is 28.0 Å². The number of aryl methyl sites for hydroxylation is 2. The monoisotopic (exact) mass is 252 g/mol. The first kappa shape index (κ1) is 11.4. The largest absolute Gasteiger partial charge is 0.357 e. The first-order chi connectivity index (χ1) is 7.65. The van der Waals surface area contributed by atoms with E-state index in [2.05, 4.69) is 17.2 Å². The molecule has 0 unspecified atom stereocenters. The molecule has 2 aromatic rings. The molecule has 4 heteroatoms. The molecule has 0 aliphatic rings. The maximum atomic E-state index is 5.92. The Morgan fingerprint density at radius 2 is 2.19 bits per heavy atom. The van der Waals surface area contributed by atoms with Crippen molar-refractivity contribution in [1.29, 1.82) is 0 Å². The number of rotatable bonds is 3. The van der Waals surface area contributed by atoms with Gasteiger partial charge in [0.25, 0.3) is 0 Å². The van der Waals surface area contributed by atoms with Gasteiger partial charge in [-0.05, 0) is 31.5 Å². The van der Waals surface area contributed by atoms with Crippen LogP contribution >= 0.6 is 22.9 Å². The van der Waals surface area contributed by atoms with Crippen LogP contribution < -0.4 is 5.32 Å². The molecule has 0 saturated carbocycles. The highest BCUT2D eigenvalue weighted by molar-refractivity contribution is 7.15. The normalized spacial score (nSPS) is 10.4. The van der Waals surface area contributed by atoms with Crippen LogP contribution in [0.5, 0.6) is 0 Å². The van der Waals surface area contributed by atoms with Crippen molar-refractivity contribution < 1.29 is 0 Å². The molecule has 0 aliphatic heterocycles. The first-order valence-electron chi connectivity index (χ1n) is 5.07. The molecule has 0 fully saturated rings. The average Bonchev–Trinajstić information content (AvgIpc) is 2.56. The first-order valence-corrected chi connectivity index (χ1v) is 6.27. The maximum Gasteiger partial charge on any atom is 0.183 e. The van der Waals surface area contributed by atoms with E-state index in [9.17, 15) is 0 Å². The van der Waals surface area contributed by atoms with Crippen LogP contribution in [0.2, 0.25) is 5.02 Å². The van der Waals surface area contributed by atoms with Gasteiger partial charge in [-0.25, -0.2) is 4.98 Å². The summed E-state index contributed by atoms with van der Waals surface area (Å²) in [6, 6.07) is 7.84. The van der Waals surface area contributed by atoms with Gasteiger partial charge in [0.15, 0.2) is 5.13 Å². The summed E-state index contributed by atoms with van der Waals surface area (Å²) in [4.78, 5) is 5.68. The molecule has 0 atom stereocenters. The molecule has 16 heavy (non-hydrogen) atoms. The highest BCUT2D eigenvalue weighted by Gasteiger charge is 2.02. The standard InChI is InChI=1S/C12H13ClN2S/c1-8-9(2)16-12(15-8)14-7-10-4-3-5-11(13)6-10/h3-6H,7H2,1-2H3,(H,14,15). The minimum atomic E-state index is 0.757. The number of thiazole rings is 1. The quantitative estimate of drug-likeness (QED) is 0.892. The lowest BCUT2D eigenvalue weighted by Crippen LogP contribution is -1.98. The third-order valence-corrected chi connectivity index (χ3v) is 3.63. The van der Waals surface area contributed by atoms with Crippen molar-refractivity contribution in [2.24, 2.45) is 0 Å². The van der Waals surface area contributed by atoms with Crippen molar-refractivity contribution in [1.82, 2.24) is 4.98 Å². The van der Waals surface area contributed by atoms with Gasteiger partial charge in [-0.3, -0.25) is 0 Å². The third kappa shape index (κ3) is 2.74. The number of anilines is 1. The number of nitrogens with zero attached hydrogens (tertiary/aromatic N) is 1. The topological polar surface area (TPSA) is 24.9 Å². The van der Waals surface area contributed by atoms with Gasteiger partial charge < -0.3 is 5.32 Å². The molecular weight excluding hydrogens is 240 g/mol. The Balaban J connectivity index is 2.02. The van der Waals surface area contributed by atoms with Crippen molar-refractivity contribution in [2.45, 2.75) is 20.4 Å². The van der Waals surface area contributed by atoms with Gasteiger partial charge in [0.1, 0.15) is 0 Å². The van der Waals surface area contributed by atoms with Gasteiger partial charge in [0.05, 0.1) is 5.69 Å². The Morgan fingerprint density at radius 1 is 1.38 bits per heavy atom. The van der Waals surface area contributed by atoms with Crippen LogP contribution in [0.1, 0.15) is 16.1 Å². The van der Waals surface area contributed by atoms with Crippen molar-refractivity contribution in [3.05, 3.63) is 45.4 Å². The number of aromatic nitrogens is 1. The highest BCUT2D eigenvalue weighted by Crippen LogP contribution is 2.22. The number of benzene rings is 1. The van der Waals surface area contributed by atoms with Gasteiger partial charge >= 0.3 is 0 Å². The van der Waals surface area contributed by atoms with Gasteiger partial charge in [0.2, 0.25) is 0 Å². The Hall–Kier alpha value is -1.06. The van der Waals surface area contributed by atoms with E-state index >= 15 is 0 Å². The fraction of sp³-hybridized carbons (Fsp3) is 0.250. The summed E-state index contributed by atoms with van der Waals surface area (Å²) in [7, 11) is 0. The Kier molecular flexibility index (Phi) is 3.46. The molecule has 0 amide bonds. The van der Waals surface area contributed by atoms with Gasteiger partial charge in [-0.15, -0.1) is 11.3 Å². The molecule has 2 rings (SSSR count). The molecule has 0 bridgehead atoms. The molecule has 1 aromatic carbocycles. The van der Waals surface area contributed by atoms with E-state index < -0.39 is 0 Å². The molecule has 0 radical (unpaired) electrons. The smallest absolute Gasteiger partial charge is 0.183 e. The SMILES string of the molecule is Cc1nc(NCc2cccc(Cl)c2)sc1C. The Morgan fingerprint density at radius 3 is 2.81 bits per heavy atom. The minimum absolute atomic E-state index is 0.757. The molecule has 0 spiro atoms. The molecule has 1 aromatic heterocycles. The Labute approximate surface area is 104 Å². The molecular formula is C12H13ClN2S. The summed E-state index contributed by atoms with van der Waals surface area (Å²) >= 11 is 7.60. The summed E-state index contributed by atoms with van der Waals surface area (Å²) in [6.07, 6.45) is 0. The van der Waals surface area contributed by atoms with Crippen LogP contribution in [0.25, 0.3) is 0 Å². The summed E-state index contributed by atoms with van der Waals surface area (Å²) in [5.41, 5.74) is 2.26. The molecule has 2 nitrogen and oxygen atoms in total. The van der Waals surface area contributed by atoms with Crippen LogP contribution in [0.3, 0.4) is 0 Å². The molecule has 0 aliphatic carbocycles. The Bertz CT molecular complexity index is 474. The van der Waals surface area contributed by atoms with E-state index in [-0.39, 0.29) is 0 Å². The fourth-order valence-corrected chi connectivity index (χ4v) is 2.40. The predicted molar refractivity (Wildman–Crippen MR) is 70.4 cm³/mol. The van der Waals surface area contributed by atoms with Crippen LogP contribution in [0.4, 0.5) is 5.13 Å². The van der Waals surface area contributed by atoms with E-state index in [1.165, 1.54) is 4.88 Å². The minimum Gasteiger partial charge on any atom is -0.357 e. The number of hydrogen-bond donors (Lipinski definition) is 1. The summed E-state index contributed by atoms with van der Waals surface area (Å²) in [5, 5.41) is 5.04. The zero-order chi connectivity index (χ0) is 11.5. The van der Waals surface area contributed by atoms with Gasteiger partial charge in [0, 0.05) is 16.4 Å². The van der Waals surface area contributed by atoms with Crippen molar-refractivity contribution in [3.8, 4) is 0 Å². The number of nitrogens with one attached hydrogen (secondary N) is 1. The lowest BCUT2D eigenvalue weighted by Gasteiger charge is -2.02. The molecule has 1 heterocycles. The second kappa shape index (κ2) is 4.85. The van der Waals surface area contributed by atoms with Gasteiger partial charge in [-0.2, -0.15) is 0 Å². The lowest BCUT2D eigenvalue weighted by molar-refractivity contribution is 1.12. The predicted octanol–water partition coefficient (Wildman–Crippen LogP) is 4.03. The van der Waals surface area contributed by atoms with Crippen molar-refractivity contribution >= 4 is 28.1 Å². The second-order valence-corrected chi connectivity index (χ2v) is 5.28. The number of hydrogen-bond acceptors (Lipinski definition) is 3. The zero-order valence-corrected chi connectivity index (χ0v) is 10.8. The lowest BCUT2D eigenvalue weighted by atomic mass is 10.2. The maximum absolute atomic E-state index is 5.92. The van der Waals surface area contributed by atoms with E-state index in [1.54, 1.807) is 11.3 Å². The highest BCUT2D eigenvalue weighted by atomic mass is 35.5. The van der Waals surface area contributed by atoms with Crippen LogP contribution in [0.15, 0.2) is 24.3 Å². The second-order valence-electron chi connectivity index (χ2n) is 3.64. The molecule has 0 saturated heterocycles. The third-order valence-electron chi connectivity index (χ3n) is 2.36. The molecule has 84 valence electrons. The van der Waals surface area contributed by atoms with Crippen LogP contribution in [0, 0.1) is 13.8 Å². The fourth-order valence-electron chi connectivity index (χ4n) is 1.37. The number of halogens is 1. The summed E-state index contributed by atoms with van der Waals surface area (Å²) < 4.78 is 0. The van der Waals surface area contributed by atoms with E-state index in [4.69, 9.17) is 11.6 Å². The van der Waals surface area contributed by atoms with Gasteiger partial charge in [-0.1, -0.05) is 23.7 Å². The summed E-state index contributed by atoms with van der Waals surface area (Å²) in [6.45, 7) is 4.86. The van der Waals surface area contributed by atoms with E-state index in [1.807, 2.05) is 31.2 Å². The van der Waals surface area contributed by atoms with E-state index in [0.29, 0.717) is 0 Å². The molecule has 1 N–H and O–H groups in total. The van der Waals surface area contributed by atoms with Crippen molar-refractivity contribution in [3.63, 3.8) is 0 Å². The van der Waals surface area contributed by atoms with Crippen LogP contribution in [-0.4, -0.2) is 4.98 Å². The van der Waals surface area contributed by atoms with Crippen LogP contribution in [-0.2, 0) is 6.54 Å². The van der Waals surface area contributed by atoms with Crippen molar-refractivity contribution in [2.75, 3.05) is 5.32 Å².